The molecule has 0 aliphatic rings. The number of allylic oxidation sites excluding steroid dienone is 1. The first-order valence-corrected chi connectivity index (χ1v) is 6.09. The molecule has 0 bridgehead atoms. The fourth-order valence-corrected chi connectivity index (χ4v) is 1.68. The molecule has 0 aliphatic heterocycles. The molecule has 1 rings (SSSR count). The standard InChI is InChI=1S/C12H13BrN2O3/c1-2-3-4-10(12(17)18)15-11(16)8-5-9(13)7-14-6-8/h2,5-7,10H,1,3-4H2,(H,15,16)(H,17,18). The number of rotatable bonds is 6. The normalized spacial score (nSPS) is 11.6. The predicted molar refractivity (Wildman–Crippen MR) is 70.3 cm³/mol. The first-order valence-electron chi connectivity index (χ1n) is 5.29. The number of carboxylic acid groups (broad SMARTS) is 1. The Morgan fingerprint density at radius 2 is 2.28 bits per heavy atom. The molecule has 1 unspecified atom stereocenters. The summed E-state index contributed by atoms with van der Waals surface area (Å²) in [6, 6.07) is 0.656. The molecule has 5 nitrogen and oxygen atoms in total. The molecule has 1 amide bonds. The zero-order chi connectivity index (χ0) is 13.5. The van der Waals surface area contributed by atoms with Crippen molar-refractivity contribution in [1.82, 2.24) is 10.3 Å². The highest BCUT2D eigenvalue weighted by Gasteiger charge is 2.19. The molecule has 0 saturated heterocycles. The van der Waals surface area contributed by atoms with Gasteiger partial charge in [0.2, 0.25) is 0 Å². The topological polar surface area (TPSA) is 79.3 Å². The fraction of sp³-hybridized carbons (Fsp3) is 0.250. The quantitative estimate of drug-likeness (QED) is 0.787. The Labute approximate surface area is 113 Å². The highest BCUT2D eigenvalue weighted by Crippen LogP contribution is 2.10. The van der Waals surface area contributed by atoms with E-state index in [1.807, 2.05) is 0 Å². The number of amides is 1. The van der Waals surface area contributed by atoms with Crippen LogP contribution < -0.4 is 5.32 Å². The van der Waals surface area contributed by atoms with Gasteiger partial charge in [-0.25, -0.2) is 4.79 Å². The molecule has 96 valence electrons. The van der Waals surface area contributed by atoms with E-state index in [4.69, 9.17) is 5.11 Å². The SMILES string of the molecule is C=CCCC(NC(=O)c1cncc(Br)c1)C(=O)O. The summed E-state index contributed by atoms with van der Waals surface area (Å²) in [6.07, 6.45) is 5.37. The molecule has 0 fully saturated rings. The average molecular weight is 313 g/mol. The number of hydrogen-bond acceptors (Lipinski definition) is 3. The maximum atomic E-state index is 11.8. The van der Waals surface area contributed by atoms with E-state index in [1.165, 1.54) is 6.20 Å². The molecule has 1 heterocycles. The Kier molecular flexibility index (Phi) is 5.51. The minimum Gasteiger partial charge on any atom is -0.480 e. The Morgan fingerprint density at radius 1 is 1.56 bits per heavy atom. The number of pyridine rings is 1. The molecule has 1 atom stereocenters. The first kappa shape index (κ1) is 14.4. The third-order valence-electron chi connectivity index (χ3n) is 2.23. The zero-order valence-electron chi connectivity index (χ0n) is 9.60. The second-order valence-electron chi connectivity index (χ2n) is 3.62. The lowest BCUT2D eigenvalue weighted by atomic mass is 10.1. The van der Waals surface area contributed by atoms with E-state index < -0.39 is 17.9 Å². The summed E-state index contributed by atoms with van der Waals surface area (Å²) in [7, 11) is 0. The Bertz CT molecular complexity index is 462. The number of carboxylic acids is 1. The van der Waals surface area contributed by atoms with Gasteiger partial charge in [-0.2, -0.15) is 0 Å². The summed E-state index contributed by atoms with van der Waals surface area (Å²) in [5, 5.41) is 11.4. The van der Waals surface area contributed by atoms with Gasteiger partial charge in [-0.3, -0.25) is 9.78 Å². The smallest absolute Gasteiger partial charge is 0.326 e. The molecule has 6 heteroatoms. The van der Waals surface area contributed by atoms with Gasteiger partial charge in [0.1, 0.15) is 6.04 Å². The molecular formula is C12H13BrN2O3. The maximum Gasteiger partial charge on any atom is 0.326 e. The van der Waals surface area contributed by atoms with E-state index >= 15 is 0 Å². The molecule has 18 heavy (non-hydrogen) atoms. The Morgan fingerprint density at radius 3 is 2.83 bits per heavy atom. The van der Waals surface area contributed by atoms with Crippen molar-refractivity contribution in [3.8, 4) is 0 Å². The van der Waals surface area contributed by atoms with Crippen molar-refractivity contribution in [3.05, 3.63) is 41.2 Å². The zero-order valence-corrected chi connectivity index (χ0v) is 11.2. The predicted octanol–water partition coefficient (Wildman–Crippen LogP) is 1.99. The van der Waals surface area contributed by atoms with Gasteiger partial charge in [-0.15, -0.1) is 6.58 Å². The number of carbonyl (C=O) groups excluding carboxylic acids is 1. The van der Waals surface area contributed by atoms with Gasteiger partial charge >= 0.3 is 5.97 Å². The molecule has 0 aliphatic carbocycles. The van der Waals surface area contributed by atoms with Gasteiger partial charge in [0.05, 0.1) is 5.56 Å². The number of halogens is 1. The fourth-order valence-electron chi connectivity index (χ4n) is 1.32. The van der Waals surface area contributed by atoms with Crippen LogP contribution >= 0.6 is 15.9 Å². The number of aliphatic carboxylic acids is 1. The van der Waals surface area contributed by atoms with Crippen molar-refractivity contribution in [2.24, 2.45) is 0 Å². The molecule has 1 aromatic heterocycles. The third kappa shape index (κ3) is 4.29. The number of nitrogens with one attached hydrogen (secondary N) is 1. The second kappa shape index (κ2) is 6.90. The van der Waals surface area contributed by atoms with Crippen molar-refractivity contribution in [3.63, 3.8) is 0 Å². The monoisotopic (exact) mass is 312 g/mol. The van der Waals surface area contributed by atoms with Crippen molar-refractivity contribution in [2.45, 2.75) is 18.9 Å². The van der Waals surface area contributed by atoms with Gasteiger partial charge < -0.3 is 10.4 Å². The van der Waals surface area contributed by atoms with Crippen LogP contribution in [0.5, 0.6) is 0 Å². The van der Waals surface area contributed by atoms with Crippen LogP contribution in [0.1, 0.15) is 23.2 Å². The van der Waals surface area contributed by atoms with Crippen molar-refractivity contribution < 1.29 is 14.7 Å². The summed E-state index contributed by atoms with van der Waals surface area (Å²) in [5.41, 5.74) is 0.314. The lowest BCUT2D eigenvalue weighted by Gasteiger charge is -2.13. The van der Waals surface area contributed by atoms with Crippen LogP contribution in [0.4, 0.5) is 0 Å². The number of hydrogen-bond donors (Lipinski definition) is 2. The summed E-state index contributed by atoms with van der Waals surface area (Å²) >= 11 is 3.20. The molecular weight excluding hydrogens is 300 g/mol. The van der Waals surface area contributed by atoms with Crippen LogP contribution in [0.15, 0.2) is 35.6 Å². The molecule has 0 spiro atoms. The molecule has 0 aromatic carbocycles. The van der Waals surface area contributed by atoms with E-state index in [0.717, 1.165) is 0 Å². The van der Waals surface area contributed by atoms with Crippen molar-refractivity contribution in [2.75, 3.05) is 0 Å². The second-order valence-corrected chi connectivity index (χ2v) is 4.54. The lowest BCUT2D eigenvalue weighted by Crippen LogP contribution is -2.40. The maximum absolute atomic E-state index is 11.8. The van der Waals surface area contributed by atoms with Gasteiger partial charge in [0, 0.05) is 16.9 Å². The van der Waals surface area contributed by atoms with Gasteiger partial charge in [-0.1, -0.05) is 6.08 Å². The molecule has 2 N–H and O–H groups in total. The van der Waals surface area contributed by atoms with Crippen LogP contribution in [0.25, 0.3) is 0 Å². The highest BCUT2D eigenvalue weighted by molar-refractivity contribution is 9.10. The Hall–Kier alpha value is -1.69. The highest BCUT2D eigenvalue weighted by atomic mass is 79.9. The Balaban J connectivity index is 2.72. The number of carbonyl (C=O) groups is 2. The summed E-state index contributed by atoms with van der Waals surface area (Å²) in [5.74, 6) is -1.52. The molecule has 0 saturated carbocycles. The van der Waals surface area contributed by atoms with Crippen LogP contribution in [0, 0.1) is 0 Å². The van der Waals surface area contributed by atoms with E-state index in [2.05, 4.69) is 32.8 Å². The van der Waals surface area contributed by atoms with E-state index in [1.54, 1.807) is 18.3 Å². The van der Waals surface area contributed by atoms with E-state index in [0.29, 0.717) is 22.9 Å². The summed E-state index contributed by atoms with van der Waals surface area (Å²) in [6.45, 7) is 3.52. The lowest BCUT2D eigenvalue weighted by molar-refractivity contribution is -0.139. The summed E-state index contributed by atoms with van der Waals surface area (Å²) in [4.78, 5) is 26.6. The average Bonchev–Trinajstić information content (AvgIpc) is 2.33. The number of nitrogens with zero attached hydrogens (tertiary/aromatic N) is 1. The van der Waals surface area contributed by atoms with Gasteiger partial charge in [-0.05, 0) is 34.8 Å². The molecule has 1 aromatic rings. The molecule has 0 radical (unpaired) electrons. The van der Waals surface area contributed by atoms with Gasteiger partial charge in [0.25, 0.3) is 5.91 Å². The minimum atomic E-state index is -1.06. The van der Waals surface area contributed by atoms with Crippen LogP contribution in [0.3, 0.4) is 0 Å². The number of aromatic nitrogens is 1. The van der Waals surface area contributed by atoms with Crippen LogP contribution in [-0.2, 0) is 4.79 Å². The van der Waals surface area contributed by atoms with Crippen LogP contribution in [0.2, 0.25) is 0 Å². The van der Waals surface area contributed by atoms with E-state index in [-0.39, 0.29) is 0 Å². The van der Waals surface area contributed by atoms with Gasteiger partial charge in [0.15, 0.2) is 0 Å². The third-order valence-corrected chi connectivity index (χ3v) is 2.66. The minimum absolute atomic E-state index is 0.312. The first-order chi connectivity index (χ1) is 8.54. The van der Waals surface area contributed by atoms with Crippen molar-refractivity contribution in [1.29, 1.82) is 0 Å². The van der Waals surface area contributed by atoms with E-state index in [9.17, 15) is 9.59 Å². The summed E-state index contributed by atoms with van der Waals surface area (Å²) < 4.78 is 0.660. The van der Waals surface area contributed by atoms with Crippen LogP contribution in [-0.4, -0.2) is 28.0 Å². The largest absolute Gasteiger partial charge is 0.480 e. The van der Waals surface area contributed by atoms with Crippen molar-refractivity contribution >= 4 is 27.8 Å².